The van der Waals surface area contributed by atoms with E-state index in [0.29, 0.717) is 23.9 Å². The summed E-state index contributed by atoms with van der Waals surface area (Å²) in [6.07, 6.45) is 60.8. The van der Waals surface area contributed by atoms with Crippen molar-refractivity contribution in [2.45, 2.75) is 129 Å². The van der Waals surface area contributed by atoms with Crippen molar-refractivity contribution < 1.29 is 42.9 Å². The Morgan fingerprint density at radius 3 is 1.13 bits per heavy atom. The van der Waals surface area contributed by atoms with E-state index >= 15 is 0 Å². The number of allylic oxidation sites excluding steroid dienone is 24. The first kappa shape index (κ1) is 58.2. The molecule has 0 aromatic rings. The molecule has 0 aromatic carbocycles. The van der Waals surface area contributed by atoms with Crippen LogP contribution >= 0.6 is 0 Å². The molecule has 350 valence electrons. The molecular weight excluding hydrogens is 791 g/mol. The number of carboxylic acid groups (broad SMARTS) is 1. The third kappa shape index (κ3) is 45.0. The van der Waals surface area contributed by atoms with Crippen LogP contribution in [0.5, 0.6) is 0 Å². The fourth-order valence-corrected chi connectivity index (χ4v) is 5.12. The van der Waals surface area contributed by atoms with Crippen LogP contribution in [0.4, 0.5) is 0 Å². The largest absolute Gasteiger partial charge is 0.477 e. The van der Waals surface area contributed by atoms with Gasteiger partial charge in [-0.1, -0.05) is 160 Å². The van der Waals surface area contributed by atoms with Gasteiger partial charge in [-0.05, 0) is 89.9 Å². The highest BCUT2D eigenvalue weighted by molar-refractivity contribution is 5.71. The highest BCUT2D eigenvalue weighted by atomic mass is 16.7. The predicted octanol–water partition coefficient (Wildman–Crippen LogP) is 12.5. The summed E-state index contributed by atoms with van der Waals surface area (Å²) < 4.78 is 22.5. The molecular formula is C54H82NO8+. The van der Waals surface area contributed by atoms with Gasteiger partial charge >= 0.3 is 17.9 Å². The molecule has 63 heavy (non-hydrogen) atoms. The van der Waals surface area contributed by atoms with Crippen LogP contribution in [0.3, 0.4) is 0 Å². The van der Waals surface area contributed by atoms with Gasteiger partial charge in [0.05, 0.1) is 34.4 Å². The normalized spacial score (nSPS) is 14.2. The number of rotatable bonds is 39. The zero-order valence-electron chi connectivity index (χ0n) is 39.4. The summed E-state index contributed by atoms with van der Waals surface area (Å²) in [5, 5.41) is 9.64. The van der Waals surface area contributed by atoms with Crippen LogP contribution in [-0.4, -0.2) is 87.4 Å². The van der Waals surface area contributed by atoms with E-state index < -0.39 is 30.3 Å². The van der Waals surface area contributed by atoms with Gasteiger partial charge in [0.25, 0.3) is 6.29 Å². The lowest BCUT2D eigenvalue weighted by Gasteiger charge is -2.25. The number of quaternary nitrogens is 1. The number of esters is 2. The van der Waals surface area contributed by atoms with Crippen molar-refractivity contribution in [1.82, 2.24) is 0 Å². The summed E-state index contributed by atoms with van der Waals surface area (Å²) in [7, 11) is 5.89. The maximum absolute atomic E-state index is 12.7. The average molecular weight is 873 g/mol. The lowest BCUT2D eigenvalue weighted by Crippen LogP contribution is -2.40. The van der Waals surface area contributed by atoms with Crippen LogP contribution in [0.1, 0.15) is 117 Å². The second-order valence-corrected chi connectivity index (χ2v) is 15.6. The number of ether oxygens (including phenoxy) is 4. The molecule has 0 saturated carbocycles. The Bertz CT molecular complexity index is 1530. The molecule has 0 aliphatic heterocycles. The summed E-state index contributed by atoms with van der Waals surface area (Å²) in [6, 6.07) is 0. The molecule has 1 N–H and O–H groups in total. The van der Waals surface area contributed by atoms with E-state index in [1.54, 1.807) is 0 Å². The van der Waals surface area contributed by atoms with Gasteiger partial charge in [0.2, 0.25) is 0 Å². The summed E-state index contributed by atoms with van der Waals surface area (Å²) in [6.45, 7) is 4.42. The second-order valence-electron chi connectivity index (χ2n) is 15.6. The van der Waals surface area contributed by atoms with Crippen molar-refractivity contribution in [3.63, 3.8) is 0 Å². The monoisotopic (exact) mass is 873 g/mol. The smallest absolute Gasteiger partial charge is 0.361 e. The Hall–Kier alpha value is -4.83. The molecule has 0 aromatic heterocycles. The van der Waals surface area contributed by atoms with Gasteiger partial charge in [-0.2, -0.15) is 0 Å². The standard InChI is InChI=1S/C54H81NO8/c1-6-8-10-12-14-16-18-20-22-24-26-28-30-32-34-36-38-40-42-44-51(56)61-48-50(49-62-54(53(58)59)60-47-46-55(3,4)5)63-52(57)45-43-41-39-37-35-33-31-29-27-25-23-21-19-17-15-13-11-9-7-2/h8-11,14-17,20-23,26-29,32-35,38-41,50,54H,6-7,12-13,18-19,24-25,30-31,36-37,42-49H2,1-5H3/p+1/b10-8-,11-9-,16-14-,17-15-,22-20-,23-21-,28-26-,29-27-,34-32-,35-33-,40-38-,41-39-. The molecule has 9 heteroatoms. The number of nitrogens with zero attached hydrogens (tertiary/aromatic N) is 1. The van der Waals surface area contributed by atoms with E-state index in [-0.39, 0.29) is 32.7 Å². The first-order valence-corrected chi connectivity index (χ1v) is 23.0. The molecule has 2 atom stereocenters. The van der Waals surface area contributed by atoms with Crippen molar-refractivity contribution in [1.29, 1.82) is 0 Å². The summed E-state index contributed by atoms with van der Waals surface area (Å²) in [4.78, 5) is 37.1. The van der Waals surface area contributed by atoms with Crippen molar-refractivity contribution in [2.75, 3.05) is 47.5 Å². The minimum Gasteiger partial charge on any atom is -0.477 e. The lowest BCUT2D eigenvalue weighted by atomic mass is 10.2. The van der Waals surface area contributed by atoms with Gasteiger partial charge < -0.3 is 28.5 Å². The van der Waals surface area contributed by atoms with Gasteiger partial charge in [0.15, 0.2) is 6.10 Å². The van der Waals surface area contributed by atoms with Crippen LogP contribution in [-0.2, 0) is 33.3 Å². The minimum absolute atomic E-state index is 0.109. The van der Waals surface area contributed by atoms with Crippen LogP contribution in [0.2, 0.25) is 0 Å². The van der Waals surface area contributed by atoms with E-state index in [2.05, 4.69) is 135 Å². The van der Waals surface area contributed by atoms with E-state index in [9.17, 15) is 19.5 Å². The first-order valence-electron chi connectivity index (χ1n) is 23.0. The molecule has 0 saturated heterocycles. The minimum atomic E-state index is -1.56. The van der Waals surface area contributed by atoms with Crippen molar-refractivity contribution in [3.05, 3.63) is 146 Å². The Labute approximate surface area is 382 Å². The Balaban J connectivity index is 4.70. The molecule has 0 spiro atoms. The number of hydrogen-bond acceptors (Lipinski definition) is 7. The fourth-order valence-electron chi connectivity index (χ4n) is 5.12. The van der Waals surface area contributed by atoms with E-state index in [4.69, 9.17) is 18.9 Å². The summed E-state index contributed by atoms with van der Waals surface area (Å²) in [5.41, 5.74) is 0. The highest BCUT2D eigenvalue weighted by Gasteiger charge is 2.25. The van der Waals surface area contributed by atoms with Crippen molar-refractivity contribution >= 4 is 17.9 Å². The Morgan fingerprint density at radius 2 is 0.794 bits per heavy atom. The zero-order chi connectivity index (χ0) is 46.3. The quantitative estimate of drug-likeness (QED) is 0.0282. The van der Waals surface area contributed by atoms with E-state index in [0.717, 1.165) is 77.0 Å². The summed E-state index contributed by atoms with van der Waals surface area (Å²) in [5.74, 6) is -2.26. The Kier molecular flexibility index (Phi) is 40.4. The maximum atomic E-state index is 12.7. The third-order valence-electron chi connectivity index (χ3n) is 8.62. The molecule has 9 nitrogen and oxygen atoms in total. The highest BCUT2D eigenvalue weighted by Crippen LogP contribution is 2.08. The molecule has 0 radical (unpaired) electrons. The third-order valence-corrected chi connectivity index (χ3v) is 8.62. The molecule has 0 heterocycles. The van der Waals surface area contributed by atoms with E-state index in [1.165, 1.54) is 0 Å². The van der Waals surface area contributed by atoms with E-state index in [1.807, 2.05) is 45.4 Å². The number of carboxylic acids is 1. The number of hydrogen-bond donors (Lipinski definition) is 1. The lowest BCUT2D eigenvalue weighted by molar-refractivity contribution is -0.870. The SMILES string of the molecule is CC/C=C\C/C=C\C/C=C\C/C=C\C/C=C\C/C=C\CCC(=O)OCC(COC(OCC[N+](C)(C)C)C(=O)O)OC(=O)CC/C=C\C/C=C\C/C=C\C/C=C\C/C=C\C/C=C\CC. The molecule has 0 aliphatic carbocycles. The Morgan fingerprint density at radius 1 is 0.460 bits per heavy atom. The predicted molar refractivity (Wildman–Crippen MR) is 262 cm³/mol. The first-order chi connectivity index (χ1) is 30.6. The molecule has 0 aliphatic rings. The van der Waals surface area contributed by atoms with Crippen LogP contribution in [0.15, 0.2) is 146 Å². The number of carbonyl (C=O) groups is 3. The molecule has 2 unspecified atom stereocenters. The van der Waals surface area contributed by atoms with Crippen LogP contribution < -0.4 is 0 Å². The molecule has 0 bridgehead atoms. The molecule has 0 fully saturated rings. The van der Waals surface area contributed by atoms with Gasteiger partial charge in [-0.3, -0.25) is 9.59 Å². The summed E-state index contributed by atoms with van der Waals surface area (Å²) >= 11 is 0. The molecule has 0 amide bonds. The topological polar surface area (TPSA) is 108 Å². The van der Waals surface area contributed by atoms with Crippen molar-refractivity contribution in [2.24, 2.45) is 0 Å². The number of aliphatic carboxylic acids is 1. The van der Waals surface area contributed by atoms with Gasteiger partial charge in [-0.15, -0.1) is 0 Å². The second kappa shape index (κ2) is 43.8. The van der Waals surface area contributed by atoms with Crippen molar-refractivity contribution in [3.8, 4) is 0 Å². The maximum Gasteiger partial charge on any atom is 0.361 e. The number of likely N-dealkylation sites (N-methyl/N-ethyl adjacent to an activating group) is 1. The van der Waals surface area contributed by atoms with Gasteiger partial charge in [-0.25, -0.2) is 4.79 Å². The van der Waals surface area contributed by atoms with Gasteiger partial charge in [0.1, 0.15) is 13.2 Å². The van der Waals surface area contributed by atoms with Crippen LogP contribution in [0, 0.1) is 0 Å². The van der Waals surface area contributed by atoms with Crippen LogP contribution in [0.25, 0.3) is 0 Å². The number of carbonyl (C=O) groups excluding carboxylic acids is 2. The fraction of sp³-hybridized carbons (Fsp3) is 0.500. The zero-order valence-corrected chi connectivity index (χ0v) is 39.4. The average Bonchev–Trinajstić information content (AvgIpc) is 3.24. The van der Waals surface area contributed by atoms with Gasteiger partial charge in [0, 0.05) is 12.8 Å². The molecule has 0 rings (SSSR count).